The van der Waals surface area contributed by atoms with Crippen LogP contribution in [-0.2, 0) is 15.8 Å². The molecule has 2 aromatic carbocycles. The molecule has 0 amide bonds. The molecule has 0 radical (unpaired) electrons. The maximum atomic E-state index is 13.4. The molecule has 4 nitrogen and oxygen atoms in total. The van der Waals surface area contributed by atoms with Crippen molar-refractivity contribution in [1.29, 1.82) is 0 Å². The lowest BCUT2D eigenvalue weighted by Crippen LogP contribution is -2.17. The lowest BCUT2D eigenvalue weighted by molar-refractivity contribution is 0.511. The van der Waals surface area contributed by atoms with Crippen LogP contribution < -0.4 is 10.5 Å². The van der Waals surface area contributed by atoms with Crippen molar-refractivity contribution in [2.45, 2.75) is 5.75 Å². The number of sulfonamides is 1. The molecule has 20 heavy (non-hydrogen) atoms. The van der Waals surface area contributed by atoms with Gasteiger partial charge in [0.05, 0.1) is 11.4 Å². The van der Waals surface area contributed by atoms with Gasteiger partial charge in [0, 0.05) is 5.69 Å². The van der Waals surface area contributed by atoms with Crippen LogP contribution in [0, 0.1) is 11.6 Å². The minimum Gasteiger partial charge on any atom is -0.398 e. The quantitative estimate of drug-likeness (QED) is 0.852. The van der Waals surface area contributed by atoms with Crippen molar-refractivity contribution < 1.29 is 17.2 Å². The standard InChI is InChI=1S/C13H12F2N2O2S/c14-10-5-3-7-12(13(10)15)17-20(18,19)8-9-4-1-2-6-11(9)16/h1-7,17H,8,16H2. The van der Waals surface area contributed by atoms with E-state index in [2.05, 4.69) is 0 Å². The number of nitrogens with one attached hydrogen (secondary N) is 1. The number of halogens is 2. The van der Waals surface area contributed by atoms with Crippen molar-refractivity contribution in [3.63, 3.8) is 0 Å². The average molecular weight is 298 g/mol. The lowest BCUT2D eigenvalue weighted by atomic mass is 10.2. The number of para-hydroxylation sites is 1. The van der Waals surface area contributed by atoms with Crippen LogP contribution in [-0.4, -0.2) is 8.42 Å². The van der Waals surface area contributed by atoms with Gasteiger partial charge in [0.1, 0.15) is 0 Å². The first kappa shape index (κ1) is 14.3. The first-order valence-electron chi connectivity index (χ1n) is 5.67. The molecule has 0 aliphatic rings. The van der Waals surface area contributed by atoms with E-state index in [-0.39, 0.29) is 0 Å². The Bertz CT molecular complexity index is 733. The second kappa shape index (κ2) is 5.46. The summed E-state index contributed by atoms with van der Waals surface area (Å²) >= 11 is 0. The minimum absolute atomic E-state index is 0.317. The number of hydrogen-bond acceptors (Lipinski definition) is 3. The molecule has 2 rings (SSSR count). The summed E-state index contributed by atoms with van der Waals surface area (Å²) < 4.78 is 52.3. The van der Waals surface area contributed by atoms with Gasteiger partial charge in [-0.15, -0.1) is 0 Å². The van der Waals surface area contributed by atoms with Crippen molar-refractivity contribution in [3.05, 3.63) is 59.7 Å². The number of rotatable bonds is 4. The summed E-state index contributed by atoms with van der Waals surface area (Å²) in [5, 5.41) is 0. The van der Waals surface area contributed by atoms with E-state index >= 15 is 0 Å². The monoisotopic (exact) mass is 298 g/mol. The first-order chi connectivity index (χ1) is 9.39. The summed E-state index contributed by atoms with van der Waals surface area (Å²) in [6, 6.07) is 9.69. The van der Waals surface area contributed by atoms with E-state index in [1.807, 2.05) is 4.72 Å². The topological polar surface area (TPSA) is 72.2 Å². The molecule has 0 unspecified atom stereocenters. The van der Waals surface area contributed by atoms with Crippen LogP contribution in [0.3, 0.4) is 0 Å². The lowest BCUT2D eigenvalue weighted by Gasteiger charge is -2.10. The van der Waals surface area contributed by atoms with Gasteiger partial charge in [-0.3, -0.25) is 4.72 Å². The van der Waals surface area contributed by atoms with Crippen LogP contribution in [0.2, 0.25) is 0 Å². The van der Waals surface area contributed by atoms with Crippen molar-refractivity contribution in [2.75, 3.05) is 10.5 Å². The third-order valence-electron chi connectivity index (χ3n) is 2.62. The maximum absolute atomic E-state index is 13.4. The third-order valence-corrected chi connectivity index (χ3v) is 3.84. The third kappa shape index (κ3) is 3.24. The van der Waals surface area contributed by atoms with E-state index in [0.29, 0.717) is 11.3 Å². The minimum atomic E-state index is -3.89. The molecule has 0 aliphatic heterocycles. The zero-order valence-corrected chi connectivity index (χ0v) is 11.1. The summed E-state index contributed by atoms with van der Waals surface area (Å²) in [5.41, 5.74) is 5.92. The largest absolute Gasteiger partial charge is 0.398 e. The highest BCUT2D eigenvalue weighted by Crippen LogP contribution is 2.20. The Kier molecular flexibility index (Phi) is 3.89. The van der Waals surface area contributed by atoms with Gasteiger partial charge in [-0.25, -0.2) is 17.2 Å². The molecule has 0 heterocycles. The Morgan fingerprint density at radius 2 is 1.75 bits per heavy atom. The molecule has 2 aromatic rings. The number of nitrogen functional groups attached to an aromatic ring is 1. The van der Waals surface area contributed by atoms with Crippen LogP contribution in [0.5, 0.6) is 0 Å². The normalized spacial score (nSPS) is 11.3. The molecule has 0 saturated carbocycles. The van der Waals surface area contributed by atoms with Crippen molar-refractivity contribution in [3.8, 4) is 0 Å². The number of hydrogen-bond donors (Lipinski definition) is 2. The highest BCUT2D eigenvalue weighted by molar-refractivity contribution is 7.91. The molecule has 106 valence electrons. The molecule has 0 spiro atoms. The van der Waals surface area contributed by atoms with E-state index in [4.69, 9.17) is 5.73 Å². The van der Waals surface area contributed by atoms with Gasteiger partial charge in [-0.05, 0) is 23.8 Å². The van der Waals surface area contributed by atoms with Crippen molar-refractivity contribution in [1.82, 2.24) is 0 Å². The zero-order valence-electron chi connectivity index (χ0n) is 10.3. The van der Waals surface area contributed by atoms with Gasteiger partial charge >= 0.3 is 0 Å². The van der Waals surface area contributed by atoms with Gasteiger partial charge < -0.3 is 5.73 Å². The van der Waals surface area contributed by atoms with Crippen LogP contribution in [0.4, 0.5) is 20.2 Å². The summed E-state index contributed by atoms with van der Waals surface area (Å²) in [6.07, 6.45) is 0. The molecular formula is C13H12F2N2O2S. The van der Waals surface area contributed by atoms with E-state index in [1.165, 1.54) is 6.07 Å². The van der Waals surface area contributed by atoms with Gasteiger partial charge in [0.2, 0.25) is 10.0 Å². The van der Waals surface area contributed by atoms with Gasteiger partial charge in [-0.2, -0.15) is 0 Å². The maximum Gasteiger partial charge on any atom is 0.237 e. The summed E-state index contributed by atoms with van der Waals surface area (Å²) in [7, 11) is -3.89. The SMILES string of the molecule is Nc1ccccc1CS(=O)(=O)Nc1cccc(F)c1F. The predicted molar refractivity (Wildman–Crippen MR) is 73.5 cm³/mol. The zero-order chi connectivity index (χ0) is 14.8. The number of benzene rings is 2. The number of nitrogens with two attached hydrogens (primary N) is 1. The Hall–Kier alpha value is -2.15. The number of anilines is 2. The van der Waals surface area contributed by atoms with Crippen LogP contribution in [0.15, 0.2) is 42.5 Å². The summed E-state index contributed by atoms with van der Waals surface area (Å²) in [4.78, 5) is 0. The van der Waals surface area contributed by atoms with Gasteiger partial charge in [0.15, 0.2) is 11.6 Å². The molecule has 3 N–H and O–H groups in total. The summed E-state index contributed by atoms with van der Waals surface area (Å²) in [5.74, 6) is -2.78. The Morgan fingerprint density at radius 3 is 2.45 bits per heavy atom. The Labute approximate surface area is 115 Å². The molecule has 0 saturated heterocycles. The van der Waals surface area contributed by atoms with Gasteiger partial charge in [0.25, 0.3) is 0 Å². The fourth-order valence-electron chi connectivity index (χ4n) is 1.66. The fourth-order valence-corrected chi connectivity index (χ4v) is 2.89. The smallest absolute Gasteiger partial charge is 0.237 e. The highest BCUT2D eigenvalue weighted by atomic mass is 32.2. The van der Waals surface area contributed by atoms with Crippen molar-refractivity contribution >= 4 is 21.4 Å². The predicted octanol–water partition coefficient (Wildman–Crippen LogP) is 2.49. The molecular weight excluding hydrogens is 286 g/mol. The molecule has 0 aromatic heterocycles. The fraction of sp³-hybridized carbons (Fsp3) is 0.0769. The molecule has 7 heteroatoms. The van der Waals surface area contributed by atoms with Crippen LogP contribution in [0.1, 0.15) is 5.56 Å². The summed E-state index contributed by atoms with van der Waals surface area (Å²) in [6.45, 7) is 0. The molecule has 0 bridgehead atoms. The van der Waals surface area contributed by atoms with Gasteiger partial charge in [-0.1, -0.05) is 24.3 Å². The second-order valence-electron chi connectivity index (χ2n) is 4.16. The van der Waals surface area contributed by atoms with Crippen LogP contribution >= 0.6 is 0 Å². The van der Waals surface area contributed by atoms with E-state index in [1.54, 1.807) is 24.3 Å². The van der Waals surface area contributed by atoms with E-state index in [9.17, 15) is 17.2 Å². The molecule has 0 aliphatic carbocycles. The van der Waals surface area contributed by atoms with E-state index < -0.39 is 33.1 Å². The molecule has 0 atom stereocenters. The second-order valence-corrected chi connectivity index (χ2v) is 5.88. The molecule has 0 fully saturated rings. The van der Waals surface area contributed by atoms with E-state index in [0.717, 1.165) is 12.1 Å². The first-order valence-corrected chi connectivity index (χ1v) is 7.32. The van der Waals surface area contributed by atoms with Crippen LogP contribution in [0.25, 0.3) is 0 Å². The Balaban J connectivity index is 2.24. The average Bonchev–Trinajstić information content (AvgIpc) is 2.37. The van der Waals surface area contributed by atoms with Crippen molar-refractivity contribution in [2.24, 2.45) is 0 Å². The Morgan fingerprint density at radius 1 is 1.05 bits per heavy atom. The highest BCUT2D eigenvalue weighted by Gasteiger charge is 2.17.